The van der Waals surface area contributed by atoms with Gasteiger partial charge in [0, 0.05) is 38.8 Å². The van der Waals surface area contributed by atoms with Crippen molar-refractivity contribution in [2.24, 2.45) is 0 Å². The molecule has 0 aliphatic heterocycles. The second-order valence-electron chi connectivity index (χ2n) is 4.09. The first-order valence-corrected chi connectivity index (χ1v) is 8.51. The third kappa shape index (κ3) is 2.66. The van der Waals surface area contributed by atoms with Gasteiger partial charge in [-0.25, -0.2) is 13.4 Å². The van der Waals surface area contributed by atoms with Crippen LogP contribution in [-0.2, 0) is 14.8 Å². The van der Waals surface area contributed by atoms with Crippen LogP contribution in [0.5, 0.6) is 0 Å². The fourth-order valence-electron chi connectivity index (χ4n) is 1.78. The van der Waals surface area contributed by atoms with Crippen molar-refractivity contribution in [2.45, 2.75) is 11.9 Å². The number of hydrogen-bond donors (Lipinski definition) is 1. The molecule has 0 aromatic carbocycles. The van der Waals surface area contributed by atoms with Crippen molar-refractivity contribution in [2.75, 3.05) is 39.2 Å². The lowest BCUT2D eigenvalue weighted by molar-refractivity contribution is 0.138. The summed E-state index contributed by atoms with van der Waals surface area (Å²) in [5, 5.41) is 4.81. The summed E-state index contributed by atoms with van der Waals surface area (Å²) in [4.78, 5) is 4.91. The SMILES string of the molecule is CCOCCN(C)S(=O)(=O)c1c(NC)nc2sccn12. The van der Waals surface area contributed by atoms with Crippen LogP contribution in [0.1, 0.15) is 6.92 Å². The number of likely N-dealkylation sites (N-methyl/N-ethyl adjacent to an activating group) is 1. The van der Waals surface area contributed by atoms with Gasteiger partial charge in [-0.05, 0) is 6.92 Å². The Balaban J connectivity index is 2.37. The Kier molecular flexibility index (Phi) is 4.63. The highest BCUT2D eigenvalue weighted by molar-refractivity contribution is 7.89. The number of nitrogens with one attached hydrogen (secondary N) is 1. The van der Waals surface area contributed by atoms with Crippen LogP contribution < -0.4 is 5.32 Å². The van der Waals surface area contributed by atoms with Crippen molar-refractivity contribution in [1.29, 1.82) is 0 Å². The van der Waals surface area contributed by atoms with Crippen LogP contribution in [0.3, 0.4) is 0 Å². The first kappa shape index (κ1) is 15.2. The molecule has 9 heteroatoms. The molecule has 0 fully saturated rings. The molecule has 1 N–H and O–H groups in total. The molecule has 0 saturated carbocycles. The normalized spacial score (nSPS) is 12.4. The molecular weight excluding hydrogens is 300 g/mol. The Bertz CT molecular complexity index is 677. The van der Waals surface area contributed by atoms with Crippen LogP contribution >= 0.6 is 11.3 Å². The van der Waals surface area contributed by atoms with Gasteiger partial charge in [0.05, 0.1) is 6.61 Å². The van der Waals surface area contributed by atoms with E-state index in [4.69, 9.17) is 4.74 Å². The minimum Gasteiger partial charge on any atom is -0.380 e. The minimum atomic E-state index is -3.62. The molecule has 0 amide bonds. The number of nitrogens with zero attached hydrogens (tertiary/aromatic N) is 3. The van der Waals surface area contributed by atoms with E-state index in [0.29, 0.717) is 30.5 Å². The zero-order valence-corrected chi connectivity index (χ0v) is 13.3. The van der Waals surface area contributed by atoms with Gasteiger partial charge in [-0.1, -0.05) is 0 Å². The fourth-order valence-corrected chi connectivity index (χ4v) is 3.95. The fraction of sp³-hybridized carbons (Fsp3) is 0.545. The maximum Gasteiger partial charge on any atom is 0.262 e. The lowest BCUT2D eigenvalue weighted by atomic mass is 10.7. The smallest absolute Gasteiger partial charge is 0.262 e. The summed E-state index contributed by atoms with van der Waals surface area (Å²) in [5.41, 5.74) is 0. The van der Waals surface area contributed by atoms with E-state index < -0.39 is 10.0 Å². The average Bonchev–Trinajstić information content (AvgIpc) is 2.97. The number of ether oxygens (including phenoxy) is 1. The molecule has 0 aliphatic carbocycles. The van der Waals surface area contributed by atoms with Gasteiger partial charge in [0.2, 0.25) is 0 Å². The van der Waals surface area contributed by atoms with Gasteiger partial charge in [0.1, 0.15) is 0 Å². The zero-order valence-electron chi connectivity index (χ0n) is 11.7. The van der Waals surface area contributed by atoms with E-state index in [2.05, 4.69) is 10.3 Å². The molecule has 20 heavy (non-hydrogen) atoms. The Labute approximate surface area is 122 Å². The van der Waals surface area contributed by atoms with Crippen LogP contribution in [0.25, 0.3) is 4.96 Å². The van der Waals surface area contributed by atoms with Crippen molar-refractivity contribution in [3.05, 3.63) is 11.6 Å². The Hall–Kier alpha value is -1.16. The van der Waals surface area contributed by atoms with E-state index in [1.807, 2.05) is 6.92 Å². The molecule has 2 rings (SSSR count). The highest BCUT2D eigenvalue weighted by Crippen LogP contribution is 2.27. The van der Waals surface area contributed by atoms with Gasteiger partial charge in [0.15, 0.2) is 15.8 Å². The van der Waals surface area contributed by atoms with Crippen LogP contribution in [-0.4, -0.2) is 56.0 Å². The molecule has 0 bridgehead atoms. The molecule has 0 saturated heterocycles. The summed E-state index contributed by atoms with van der Waals surface area (Å²) in [6, 6.07) is 0. The first-order chi connectivity index (χ1) is 9.52. The monoisotopic (exact) mass is 318 g/mol. The highest BCUT2D eigenvalue weighted by atomic mass is 32.2. The van der Waals surface area contributed by atoms with Gasteiger partial charge in [0.25, 0.3) is 10.0 Å². The van der Waals surface area contributed by atoms with E-state index in [-0.39, 0.29) is 5.03 Å². The van der Waals surface area contributed by atoms with Gasteiger partial charge >= 0.3 is 0 Å². The van der Waals surface area contributed by atoms with Crippen LogP contribution in [0, 0.1) is 0 Å². The van der Waals surface area contributed by atoms with Crippen LogP contribution in [0.2, 0.25) is 0 Å². The van der Waals surface area contributed by atoms with Gasteiger partial charge in [-0.2, -0.15) is 4.31 Å². The van der Waals surface area contributed by atoms with E-state index >= 15 is 0 Å². The number of imidazole rings is 1. The molecule has 0 radical (unpaired) electrons. The van der Waals surface area contributed by atoms with Gasteiger partial charge in [-0.3, -0.25) is 4.40 Å². The van der Waals surface area contributed by atoms with E-state index in [1.165, 1.54) is 15.6 Å². The van der Waals surface area contributed by atoms with Crippen LogP contribution in [0.4, 0.5) is 5.82 Å². The quantitative estimate of drug-likeness (QED) is 0.774. The topological polar surface area (TPSA) is 75.9 Å². The zero-order chi connectivity index (χ0) is 14.8. The molecule has 112 valence electrons. The van der Waals surface area contributed by atoms with Crippen molar-refractivity contribution < 1.29 is 13.2 Å². The maximum atomic E-state index is 12.7. The lowest BCUT2D eigenvalue weighted by Gasteiger charge is -2.17. The highest BCUT2D eigenvalue weighted by Gasteiger charge is 2.29. The Morgan fingerprint density at radius 1 is 1.55 bits per heavy atom. The summed E-state index contributed by atoms with van der Waals surface area (Å²) in [5.74, 6) is 0.361. The standard InChI is InChI=1S/C11H18N4O3S2/c1-4-18-7-5-14(3)20(16,17)10-9(12-2)13-11-15(10)6-8-19-11/h6,8,12H,4-5,7H2,1-3H3. The van der Waals surface area contributed by atoms with Gasteiger partial charge in [-0.15, -0.1) is 11.3 Å². The second kappa shape index (κ2) is 6.08. The summed E-state index contributed by atoms with van der Waals surface area (Å²) in [6.45, 7) is 3.11. The van der Waals surface area contributed by atoms with Crippen LogP contribution in [0.15, 0.2) is 16.6 Å². The lowest BCUT2D eigenvalue weighted by Crippen LogP contribution is -2.31. The maximum absolute atomic E-state index is 12.7. The first-order valence-electron chi connectivity index (χ1n) is 6.19. The van der Waals surface area contributed by atoms with Crippen molar-refractivity contribution in [1.82, 2.24) is 13.7 Å². The summed E-state index contributed by atoms with van der Waals surface area (Å²) >= 11 is 1.39. The number of thiazole rings is 1. The third-order valence-electron chi connectivity index (χ3n) is 2.86. The third-order valence-corrected chi connectivity index (χ3v) is 5.50. The number of sulfonamides is 1. The molecule has 2 heterocycles. The number of aromatic nitrogens is 2. The predicted molar refractivity (Wildman–Crippen MR) is 78.9 cm³/mol. The molecule has 0 atom stereocenters. The minimum absolute atomic E-state index is 0.162. The molecule has 2 aromatic rings. The van der Waals surface area contributed by atoms with Crippen molar-refractivity contribution >= 4 is 32.1 Å². The molecule has 2 aromatic heterocycles. The number of fused-ring (bicyclic) bond motifs is 1. The molecular formula is C11H18N4O3S2. The second-order valence-corrected chi connectivity index (χ2v) is 6.93. The predicted octanol–water partition coefficient (Wildman–Crippen LogP) is 1.09. The summed E-state index contributed by atoms with van der Waals surface area (Å²) in [7, 11) is -0.418. The van der Waals surface area contributed by atoms with Crippen molar-refractivity contribution in [3.63, 3.8) is 0 Å². The summed E-state index contributed by atoms with van der Waals surface area (Å²) in [6.07, 6.45) is 1.71. The molecule has 7 nitrogen and oxygen atoms in total. The summed E-state index contributed by atoms with van der Waals surface area (Å²) < 4.78 is 33.4. The van der Waals surface area contributed by atoms with Crippen molar-refractivity contribution in [3.8, 4) is 0 Å². The Morgan fingerprint density at radius 2 is 2.30 bits per heavy atom. The largest absolute Gasteiger partial charge is 0.380 e. The average molecular weight is 318 g/mol. The Morgan fingerprint density at radius 3 is 2.95 bits per heavy atom. The van der Waals surface area contributed by atoms with E-state index in [9.17, 15) is 8.42 Å². The molecule has 0 aliphatic rings. The number of anilines is 1. The van der Waals surface area contributed by atoms with E-state index in [1.54, 1.807) is 30.1 Å². The van der Waals surface area contributed by atoms with Gasteiger partial charge < -0.3 is 10.1 Å². The van der Waals surface area contributed by atoms with E-state index in [0.717, 1.165) is 0 Å². The molecule has 0 unspecified atom stereocenters. The molecule has 0 spiro atoms. The number of hydrogen-bond acceptors (Lipinski definition) is 6. The number of rotatable bonds is 7.